The van der Waals surface area contributed by atoms with Crippen LogP contribution in [-0.4, -0.2) is 77.4 Å². The van der Waals surface area contributed by atoms with Crippen LogP contribution in [0.5, 0.6) is 0 Å². The quantitative estimate of drug-likeness (QED) is 0.488. The molecular weight excluding hydrogens is 448 g/mol. The van der Waals surface area contributed by atoms with E-state index in [1.165, 1.54) is 0 Å². The Hall–Kier alpha value is -1.92. The van der Waals surface area contributed by atoms with Crippen LogP contribution in [0.25, 0.3) is 11.3 Å². The summed E-state index contributed by atoms with van der Waals surface area (Å²) in [6.07, 6.45) is -5.47. The Labute approximate surface area is 181 Å². The Morgan fingerprint density at radius 1 is 1.30 bits per heavy atom. The molecule has 2 aromatic rings. The summed E-state index contributed by atoms with van der Waals surface area (Å²) in [6.45, 7) is -0.842. The van der Waals surface area contributed by atoms with Gasteiger partial charge in [0, 0.05) is 25.2 Å². The second kappa shape index (κ2) is 10.9. The molecule has 0 aliphatic carbocycles. The third kappa shape index (κ3) is 7.73. The van der Waals surface area contributed by atoms with Gasteiger partial charge in [-0.25, -0.2) is 0 Å². The highest BCUT2D eigenvalue weighted by atomic mass is 35.5. The molecule has 1 atom stereocenters. The molecule has 30 heavy (non-hydrogen) atoms. The van der Waals surface area contributed by atoms with Crippen LogP contribution in [0.2, 0.25) is 10.0 Å². The minimum atomic E-state index is -4.42. The number of rotatable bonds is 10. The summed E-state index contributed by atoms with van der Waals surface area (Å²) in [5, 5.41) is 21.3. The number of aromatic nitrogens is 3. The normalized spacial score (nSPS) is 12.9. The fourth-order valence-corrected chi connectivity index (χ4v) is 2.85. The van der Waals surface area contributed by atoms with Crippen molar-refractivity contribution < 1.29 is 23.0 Å². The van der Waals surface area contributed by atoms with E-state index in [4.69, 9.17) is 28.9 Å². The van der Waals surface area contributed by atoms with Crippen molar-refractivity contribution in [1.82, 2.24) is 20.1 Å². The van der Waals surface area contributed by atoms with Crippen molar-refractivity contribution >= 4 is 35.0 Å². The Morgan fingerprint density at radius 3 is 2.70 bits per heavy atom. The van der Waals surface area contributed by atoms with Gasteiger partial charge in [0.2, 0.25) is 5.95 Å². The standard InChI is InChI=1S/C17H21Cl2F3N6O2/c1-28(7-10(29)8-30-9-17(20,21)22)6-5-24-16-25-15(23)14(26-27-16)11-3-2-4-12(18)13(11)19/h2-4,10,29H,5-9H2,1H3,(H3,23,24,25,27)/t10-/m1/s1. The molecule has 13 heteroatoms. The number of nitrogens with one attached hydrogen (secondary N) is 1. The maximum atomic E-state index is 12.0. The summed E-state index contributed by atoms with van der Waals surface area (Å²) >= 11 is 12.2. The molecule has 0 saturated heterocycles. The average Bonchev–Trinajstić information content (AvgIpc) is 2.63. The molecule has 0 fully saturated rings. The van der Waals surface area contributed by atoms with Gasteiger partial charge in [-0.3, -0.25) is 0 Å². The van der Waals surface area contributed by atoms with Crippen LogP contribution in [0, 0.1) is 0 Å². The highest BCUT2D eigenvalue weighted by Gasteiger charge is 2.27. The van der Waals surface area contributed by atoms with Gasteiger partial charge in [-0.2, -0.15) is 18.2 Å². The molecular formula is C17H21Cl2F3N6O2. The molecule has 0 saturated carbocycles. The lowest BCUT2D eigenvalue weighted by Gasteiger charge is -2.21. The molecule has 8 nitrogen and oxygen atoms in total. The van der Waals surface area contributed by atoms with Gasteiger partial charge >= 0.3 is 6.18 Å². The maximum Gasteiger partial charge on any atom is 0.411 e. The van der Waals surface area contributed by atoms with Crippen molar-refractivity contribution in [2.45, 2.75) is 12.3 Å². The van der Waals surface area contributed by atoms with Crippen LogP contribution < -0.4 is 11.1 Å². The van der Waals surface area contributed by atoms with E-state index in [0.29, 0.717) is 34.4 Å². The number of halogens is 5. The zero-order valence-electron chi connectivity index (χ0n) is 16.0. The third-order valence-corrected chi connectivity index (χ3v) is 4.61. The van der Waals surface area contributed by atoms with Crippen molar-refractivity contribution in [3.63, 3.8) is 0 Å². The molecule has 0 bridgehead atoms. The molecule has 4 N–H and O–H groups in total. The number of aliphatic hydroxyl groups is 1. The zero-order chi connectivity index (χ0) is 22.3. The number of nitrogen functional groups attached to an aromatic ring is 1. The lowest BCUT2D eigenvalue weighted by molar-refractivity contribution is -0.179. The Balaban J connectivity index is 1.81. The van der Waals surface area contributed by atoms with E-state index < -0.39 is 25.5 Å². The predicted octanol–water partition coefficient (Wildman–Crippen LogP) is 2.71. The van der Waals surface area contributed by atoms with Gasteiger partial charge in [-0.05, 0) is 13.1 Å². The van der Waals surface area contributed by atoms with E-state index in [0.717, 1.165) is 0 Å². The number of benzene rings is 1. The molecule has 0 aliphatic rings. The second-order valence-corrected chi connectivity index (χ2v) is 7.23. The monoisotopic (exact) mass is 468 g/mol. The van der Waals surface area contributed by atoms with Crippen molar-refractivity contribution in [3.05, 3.63) is 28.2 Å². The lowest BCUT2D eigenvalue weighted by atomic mass is 10.1. The topological polar surface area (TPSA) is 109 Å². The molecule has 1 heterocycles. The summed E-state index contributed by atoms with van der Waals surface area (Å²) in [5.74, 6) is 0.305. The third-order valence-electron chi connectivity index (χ3n) is 3.80. The van der Waals surface area contributed by atoms with Crippen LogP contribution in [-0.2, 0) is 4.74 Å². The largest absolute Gasteiger partial charge is 0.411 e. The van der Waals surface area contributed by atoms with Crippen LogP contribution in [0.4, 0.5) is 24.9 Å². The van der Waals surface area contributed by atoms with Gasteiger partial charge in [0.15, 0.2) is 5.82 Å². The lowest BCUT2D eigenvalue weighted by Crippen LogP contribution is -2.35. The number of hydrogen-bond donors (Lipinski definition) is 3. The van der Waals surface area contributed by atoms with Crippen LogP contribution in [0.15, 0.2) is 18.2 Å². The highest BCUT2D eigenvalue weighted by Crippen LogP contribution is 2.34. The summed E-state index contributed by atoms with van der Waals surface area (Å²) in [5.41, 5.74) is 6.76. The number of nitrogens with two attached hydrogens (primary N) is 1. The van der Waals surface area contributed by atoms with Crippen molar-refractivity contribution in [3.8, 4) is 11.3 Å². The first-order valence-corrected chi connectivity index (χ1v) is 9.52. The maximum absolute atomic E-state index is 12.0. The van der Waals surface area contributed by atoms with Crippen LogP contribution in [0.3, 0.4) is 0 Å². The Bertz CT molecular complexity index is 844. The first kappa shape index (κ1) is 24.4. The van der Waals surface area contributed by atoms with E-state index in [9.17, 15) is 18.3 Å². The average molecular weight is 469 g/mol. The number of aliphatic hydroxyl groups excluding tert-OH is 1. The molecule has 0 amide bonds. The molecule has 0 radical (unpaired) electrons. The highest BCUT2D eigenvalue weighted by molar-refractivity contribution is 6.43. The first-order chi connectivity index (χ1) is 14.1. The van der Waals surface area contributed by atoms with Gasteiger partial charge in [0.25, 0.3) is 0 Å². The van der Waals surface area contributed by atoms with Gasteiger partial charge in [-0.15, -0.1) is 10.2 Å². The van der Waals surface area contributed by atoms with Gasteiger partial charge in [-0.1, -0.05) is 35.3 Å². The molecule has 166 valence electrons. The summed E-state index contributed by atoms with van der Waals surface area (Å²) in [6, 6.07) is 5.04. The van der Waals surface area contributed by atoms with E-state index >= 15 is 0 Å². The van der Waals surface area contributed by atoms with Crippen molar-refractivity contribution in [2.24, 2.45) is 0 Å². The van der Waals surface area contributed by atoms with E-state index in [2.05, 4.69) is 25.2 Å². The fraction of sp³-hybridized carbons (Fsp3) is 0.471. The Morgan fingerprint density at radius 2 is 2.03 bits per heavy atom. The first-order valence-electron chi connectivity index (χ1n) is 8.76. The van der Waals surface area contributed by atoms with Crippen molar-refractivity contribution in [1.29, 1.82) is 0 Å². The van der Waals surface area contributed by atoms with Crippen LogP contribution in [0.1, 0.15) is 0 Å². The number of alkyl halides is 3. The summed E-state index contributed by atoms with van der Waals surface area (Å²) < 4.78 is 40.5. The predicted molar refractivity (Wildman–Crippen MR) is 109 cm³/mol. The van der Waals surface area contributed by atoms with E-state index in [1.807, 2.05) is 0 Å². The van der Waals surface area contributed by atoms with Crippen molar-refractivity contribution in [2.75, 3.05) is 50.9 Å². The second-order valence-electron chi connectivity index (χ2n) is 6.44. The minimum absolute atomic E-state index is 0.113. The number of anilines is 2. The number of ether oxygens (including phenoxy) is 1. The molecule has 1 aromatic carbocycles. The molecule has 0 aliphatic heterocycles. The van der Waals surface area contributed by atoms with Gasteiger partial charge < -0.3 is 25.8 Å². The zero-order valence-corrected chi connectivity index (χ0v) is 17.5. The van der Waals surface area contributed by atoms with Crippen LogP contribution >= 0.6 is 23.2 Å². The number of likely N-dealkylation sites (N-methyl/N-ethyl adjacent to an activating group) is 1. The summed E-state index contributed by atoms with van der Waals surface area (Å²) in [7, 11) is 1.70. The number of hydrogen-bond acceptors (Lipinski definition) is 8. The minimum Gasteiger partial charge on any atom is -0.389 e. The molecule has 2 rings (SSSR count). The molecule has 0 spiro atoms. The fourth-order valence-electron chi connectivity index (χ4n) is 2.46. The Kier molecular flexibility index (Phi) is 8.86. The van der Waals surface area contributed by atoms with Gasteiger partial charge in [0.05, 0.1) is 22.8 Å². The van der Waals surface area contributed by atoms with Gasteiger partial charge in [0.1, 0.15) is 12.3 Å². The van der Waals surface area contributed by atoms with E-state index in [-0.39, 0.29) is 18.3 Å². The SMILES string of the molecule is CN(CCNc1nnc(-c2cccc(Cl)c2Cl)c(N)n1)C[C@@H](O)COCC(F)(F)F. The van der Waals surface area contributed by atoms with E-state index in [1.54, 1.807) is 30.1 Å². The molecule has 0 unspecified atom stereocenters. The molecule has 1 aromatic heterocycles. The summed E-state index contributed by atoms with van der Waals surface area (Å²) in [4.78, 5) is 5.85. The number of nitrogens with zero attached hydrogens (tertiary/aromatic N) is 4. The smallest absolute Gasteiger partial charge is 0.389 e.